The number of rotatable bonds is 4. The number of carbonyl (C=O) groups is 2. The number of cyclic esters (lactones) is 1. The minimum Gasteiger partial charge on any atom is -0.452 e. The van der Waals surface area contributed by atoms with Crippen LogP contribution in [-0.4, -0.2) is 17.9 Å². The van der Waals surface area contributed by atoms with Crippen LogP contribution in [0.4, 0.5) is 0 Å². The predicted molar refractivity (Wildman–Crippen MR) is 48.2 cm³/mol. The lowest BCUT2D eigenvalue weighted by Gasteiger charge is -2.19. The van der Waals surface area contributed by atoms with Gasteiger partial charge >= 0.3 is 5.97 Å². The van der Waals surface area contributed by atoms with Crippen LogP contribution in [0.15, 0.2) is 11.6 Å². The summed E-state index contributed by atoms with van der Waals surface area (Å²) in [5.74, 6) is -0.240. The number of ether oxygens (including phenoxy) is 1. The fourth-order valence-corrected chi connectivity index (χ4v) is 1.45. The van der Waals surface area contributed by atoms with Crippen LogP contribution < -0.4 is 0 Å². The molecule has 0 unspecified atom stereocenters. The summed E-state index contributed by atoms with van der Waals surface area (Å²) < 4.78 is 5.16. The van der Waals surface area contributed by atoms with E-state index >= 15 is 0 Å². The Labute approximate surface area is 77.8 Å². The third kappa shape index (κ3) is 2.17. The molecule has 0 spiro atoms. The van der Waals surface area contributed by atoms with Gasteiger partial charge in [0.1, 0.15) is 11.9 Å². The molecule has 0 aliphatic carbocycles. The molecule has 1 heterocycles. The summed E-state index contributed by atoms with van der Waals surface area (Å²) in [6.45, 7) is 3.75. The molecule has 72 valence electrons. The van der Waals surface area contributed by atoms with Gasteiger partial charge in [0.25, 0.3) is 0 Å². The topological polar surface area (TPSA) is 43.4 Å². The van der Waals surface area contributed by atoms with Crippen LogP contribution in [-0.2, 0) is 14.3 Å². The quantitative estimate of drug-likeness (QED) is 0.490. The minimum atomic E-state index is -0.552. The first kappa shape index (κ1) is 9.96. The Bertz CT molecular complexity index is 255. The summed E-state index contributed by atoms with van der Waals surface area (Å²) in [5.41, 5.74) is 0.164. The van der Waals surface area contributed by atoms with Crippen molar-refractivity contribution in [2.75, 3.05) is 0 Å². The predicted octanol–water partition coefficient (Wildman–Crippen LogP) is 1.62. The van der Waals surface area contributed by atoms with Gasteiger partial charge < -0.3 is 9.53 Å². The first-order valence-corrected chi connectivity index (χ1v) is 4.50. The van der Waals surface area contributed by atoms with E-state index < -0.39 is 5.60 Å². The van der Waals surface area contributed by atoms with Gasteiger partial charge in [-0.25, -0.2) is 4.79 Å². The van der Waals surface area contributed by atoms with Crippen LogP contribution in [0.25, 0.3) is 0 Å². The zero-order chi connectivity index (χ0) is 9.90. The van der Waals surface area contributed by atoms with Gasteiger partial charge in [-0.05, 0) is 25.8 Å². The molecule has 0 amide bonds. The highest BCUT2D eigenvalue weighted by molar-refractivity contribution is 5.91. The van der Waals surface area contributed by atoms with E-state index in [0.717, 1.165) is 6.29 Å². The summed E-state index contributed by atoms with van der Waals surface area (Å²) in [7, 11) is 0. The number of carbonyl (C=O) groups excluding carboxylic acids is 2. The third-order valence-electron chi connectivity index (χ3n) is 2.21. The van der Waals surface area contributed by atoms with Gasteiger partial charge in [0.05, 0.1) is 0 Å². The van der Waals surface area contributed by atoms with E-state index in [9.17, 15) is 9.59 Å². The van der Waals surface area contributed by atoms with Gasteiger partial charge in [0, 0.05) is 12.0 Å². The van der Waals surface area contributed by atoms with E-state index in [1.54, 1.807) is 0 Å². The highest BCUT2D eigenvalue weighted by atomic mass is 16.6. The summed E-state index contributed by atoms with van der Waals surface area (Å²) in [5, 5.41) is 0. The smallest absolute Gasteiger partial charge is 0.334 e. The standard InChI is InChI=1S/C10H14O3/c1-3-8-7-10(2,5-4-6-11)13-9(8)12/h6-7H,3-5H2,1-2H3/t10-/m1/s1. The van der Waals surface area contributed by atoms with Crippen LogP contribution in [0, 0.1) is 0 Å². The van der Waals surface area contributed by atoms with Gasteiger partial charge in [0.2, 0.25) is 0 Å². The molecule has 0 radical (unpaired) electrons. The second-order valence-electron chi connectivity index (χ2n) is 3.43. The SMILES string of the molecule is CCC1=C[C@@](C)(CCC=O)OC1=O. The number of hydrogen-bond donors (Lipinski definition) is 0. The first-order valence-electron chi connectivity index (χ1n) is 4.50. The van der Waals surface area contributed by atoms with Crippen molar-refractivity contribution >= 4 is 12.3 Å². The molecule has 0 fully saturated rings. The molecule has 0 aromatic rings. The van der Waals surface area contributed by atoms with Crippen molar-refractivity contribution in [1.29, 1.82) is 0 Å². The van der Waals surface area contributed by atoms with E-state index in [-0.39, 0.29) is 5.97 Å². The third-order valence-corrected chi connectivity index (χ3v) is 2.21. The van der Waals surface area contributed by atoms with E-state index in [0.29, 0.717) is 24.8 Å². The Hall–Kier alpha value is -1.12. The van der Waals surface area contributed by atoms with E-state index in [4.69, 9.17) is 4.74 Å². The largest absolute Gasteiger partial charge is 0.452 e. The van der Waals surface area contributed by atoms with Crippen molar-refractivity contribution in [1.82, 2.24) is 0 Å². The Morgan fingerprint density at radius 3 is 2.77 bits per heavy atom. The second-order valence-corrected chi connectivity index (χ2v) is 3.43. The average Bonchev–Trinajstić information content (AvgIpc) is 2.39. The lowest BCUT2D eigenvalue weighted by Crippen LogP contribution is -2.23. The van der Waals surface area contributed by atoms with Crippen molar-refractivity contribution in [3.63, 3.8) is 0 Å². The number of aldehydes is 1. The van der Waals surface area contributed by atoms with Crippen LogP contribution in [0.3, 0.4) is 0 Å². The Morgan fingerprint density at radius 2 is 2.31 bits per heavy atom. The van der Waals surface area contributed by atoms with E-state index in [1.165, 1.54) is 0 Å². The van der Waals surface area contributed by atoms with Crippen LogP contribution in [0.2, 0.25) is 0 Å². The van der Waals surface area contributed by atoms with Gasteiger partial charge in [-0.1, -0.05) is 6.92 Å². The fraction of sp³-hybridized carbons (Fsp3) is 0.600. The maximum atomic E-state index is 11.2. The molecule has 0 saturated carbocycles. The molecule has 13 heavy (non-hydrogen) atoms. The molecule has 0 N–H and O–H groups in total. The zero-order valence-corrected chi connectivity index (χ0v) is 8.00. The first-order chi connectivity index (χ1) is 6.11. The highest BCUT2D eigenvalue weighted by Crippen LogP contribution is 2.29. The van der Waals surface area contributed by atoms with Crippen LogP contribution >= 0.6 is 0 Å². The monoisotopic (exact) mass is 182 g/mol. The normalized spacial score (nSPS) is 26.9. The summed E-state index contributed by atoms with van der Waals surface area (Å²) in [4.78, 5) is 21.4. The Balaban J connectivity index is 2.67. The average molecular weight is 182 g/mol. The lowest BCUT2D eigenvalue weighted by molar-refractivity contribution is -0.146. The molecule has 0 bridgehead atoms. The van der Waals surface area contributed by atoms with Gasteiger partial charge in [-0.3, -0.25) is 0 Å². The molecule has 1 rings (SSSR count). The second kappa shape index (κ2) is 3.73. The van der Waals surface area contributed by atoms with Crippen molar-refractivity contribution in [3.8, 4) is 0 Å². The molecule has 1 aliphatic rings. The summed E-state index contributed by atoms with van der Waals surface area (Å²) in [6.07, 6.45) is 4.37. The fourth-order valence-electron chi connectivity index (χ4n) is 1.45. The van der Waals surface area contributed by atoms with Gasteiger partial charge in [-0.2, -0.15) is 0 Å². The molecule has 0 saturated heterocycles. The van der Waals surface area contributed by atoms with Crippen molar-refractivity contribution in [2.24, 2.45) is 0 Å². The molecule has 0 aromatic heterocycles. The maximum Gasteiger partial charge on any atom is 0.334 e. The van der Waals surface area contributed by atoms with Crippen molar-refractivity contribution in [3.05, 3.63) is 11.6 Å². The molecular weight excluding hydrogens is 168 g/mol. The summed E-state index contributed by atoms with van der Waals surface area (Å²) >= 11 is 0. The molecule has 1 aliphatic heterocycles. The number of hydrogen-bond acceptors (Lipinski definition) is 3. The molecular formula is C10H14O3. The summed E-state index contributed by atoms with van der Waals surface area (Å²) in [6, 6.07) is 0. The van der Waals surface area contributed by atoms with Crippen molar-refractivity contribution in [2.45, 2.75) is 38.7 Å². The molecule has 3 nitrogen and oxygen atoms in total. The molecule has 1 atom stereocenters. The van der Waals surface area contributed by atoms with Gasteiger partial charge in [-0.15, -0.1) is 0 Å². The number of esters is 1. The zero-order valence-electron chi connectivity index (χ0n) is 8.00. The van der Waals surface area contributed by atoms with Crippen molar-refractivity contribution < 1.29 is 14.3 Å². The van der Waals surface area contributed by atoms with E-state index in [2.05, 4.69) is 0 Å². The Kier molecular flexibility index (Phi) is 2.86. The van der Waals surface area contributed by atoms with Crippen LogP contribution in [0.5, 0.6) is 0 Å². The maximum absolute atomic E-state index is 11.2. The van der Waals surface area contributed by atoms with E-state index in [1.807, 2.05) is 19.9 Å². The lowest BCUT2D eigenvalue weighted by atomic mass is 9.99. The Morgan fingerprint density at radius 1 is 1.62 bits per heavy atom. The molecule has 0 aromatic carbocycles. The minimum absolute atomic E-state index is 0.240. The molecule has 3 heteroatoms. The van der Waals surface area contributed by atoms with Gasteiger partial charge in [0.15, 0.2) is 0 Å². The van der Waals surface area contributed by atoms with Crippen LogP contribution in [0.1, 0.15) is 33.1 Å². The highest BCUT2D eigenvalue weighted by Gasteiger charge is 2.34.